The number of aromatic nitrogens is 5. The van der Waals surface area contributed by atoms with Crippen LogP contribution in [0.3, 0.4) is 0 Å². The molecule has 328 valence electrons. The molecule has 0 aliphatic carbocycles. The van der Waals surface area contributed by atoms with Crippen LogP contribution >= 0.6 is 0 Å². The molecule has 8 rings (SSSR count). The first-order valence-corrected chi connectivity index (χ1v) is 21.0. The summed E-state index contributed by atoms with van der Waals surface area (Å²) < 4.78 is 78.6. The number of rotatable bonds is 6. The lowest BCUT2D eigenvalue weighted by atomic mass is 9.94. The molecule has 11 nitrogen and oxygen atoms in total. The number of nitrogens with one attached hydrogen (secondary N) is 2. The summed E-state index contributed by atoms with van der Waals surface area (Å²) in [6, 6.07) is 6.49. The van der Waals surface area contributed by atoms with Crippen molar-refractivity contribution in [3.8, 4) is 41.2 Å². The Kier molecular flexibility index (Phi) is 16.0. The fourth-order valence-corrected chi connectivity index (χ4v) is 8.16. The maximum atomic E-state index is 17.0. The number of fused-ring (bicyclic) bond motifs is 2. The van der Waals surface area contributed by atoms with Gasteiger partial charge < -0.3 is 25.2 Å². The highest BCUT2D eigenvalue weighted by Crippen LogP contribution is 2.42. The molecule has 2 aromatic carbocycles. The van der Waals surface area contributed by atoms with Crippen molar-refractivity contribution < 1.29 is 36.5 Å². The van der Waals surface area contributed by atoms with E-state index in [-0.39, 0.29) is 45.5 Å². The number of hydrogen-bond donors (Lipinski definition) is 3. The molecular formula is C45H55F5N8O3. The van der Waals surface area contributed by atoms with Crippen LogP contribution in [0.5, 0.6) is 17.6 Å². The van der Waals surface area contributed by atoms with E-state index in [1.807, 2.05) is 27.7 Å². The normalized spacial score (nSPS) is 17.2. The number of ether oxygens (including phenoxy) is 2. The van der Waals surface area contributed by atoms with E-state index in [0.29, 0.717) is 53.2 Å². The Balaban J connectivity index is 0.000000376. The molecule has 3 aliphatic rings. The van der Waals surface area contributed by atoms with Crippen LogP contribution in [0.25, 0.3) is 32.9 Å². The van der Waals surface area contributed by atoms with Crippen molar-refractivity contribution in [2.24, 2.45) is 5.92 Å². The molecule has 3 N–H and O–H groups in total. The summed E-state index contributed by atoms with van der Waals surface area (Å²) in [6.45, 7) is 14.9. The lowest BCUT2D eigenvalue weighted by Gasteiger charge is -2.31. The number of halogens is 5. The second-order valence-corrected chi connectivity index (χ2v) is 14.6. The van der Waals surface area contributed by atoms with Crippen LogP contribution in [0.4, 0.5) is 27.8 Å². The zero-order chi connectivity index (χ0) is 44.3. The Morgan fingerprint density at radius 2 is 1.72 bits per heavy atom. The fraction of sp³-hybridized carbons (Fsp3) is 0.489. The number of benzene rings is 2. The number of phenolic OH excluding ortho intramolecular Hbond substituents is 1. The van der Waals surface area contributed by atoms with Gasteiger partial charge in [0.25, 0.3) is 0 Å². The Bertz CT molecular complexity index is 2310. The van der Waals surface area contributed by atoms with Gasteiger partial charge in [-0.2, -0.15) is 23.1 Å². The molecule has 2 saturated heterocycles. The maximum Gasteiger partial charge on any atom is 0.433 e. The molecule has 0 bridgehead atoms. The van der Waals surface area contributed by atoms with Gasteiger partial charge in [0.1, 0.15) is 41.5 Å². The molecular weight excluding hydrogens is 796 g/mol. The first-order chi connectivity index (χ1) is 29.4. The minimum Gasteiger partial charge on any atom is -0.508 e. The van der Waals surface area contributed by atoms with Crippen LogP contribution in [0.2, 0.25) is 0 Å². The molecule has 1 atom stereocenters. The highest BCUT2D eigenvalue weighted by molar-refractivity contribution is 6.03. The zero-order valence-corrected chi connectivity index (χ0v) is 35.6. The molecule has 0 radical (unpaired) electrons. The van der Waals surface area contributed by atoms with Gasteiger partial charge >= 0.3 is 12.2 Å². The number of phenols is 1. The van der Waals surface area contributed by atoms with Gasteiger partial charge in [0.15, 0.2) is 11.5 Å². The van der Waals surface area contributed by atoms with E-state index in [4.69, 9.17) is 21.1 Å². The van der Waals surface area contributed by atoms with Crippen LogP contribution < -0.4 is 20.1 Å². The molecule has 0 amide bonds. The lowest BCUT2D eigenvalue weighted by Crippen LogP contribution is -2.43. The third kappa shape index (κ3) is 10.4. The quantitative estimate of drug-likeness (QED) is 0.112. The number of aromatic hydroxyl groups is 1. The van der Waals surface area contributed by atoms with Gasteiger partial charge in [-0.1, -0.05) is 53.0 Å². The number of nitrogens with zero attached hydrogens (tertiary/aromatic N) is 6. The molecule has 0 saturated carbocycles. The number of aryl methyl sites for hydroxylation is 1. The van der Waals surface area contributed by atoms with Crippen molar-refractivity contribution in [1.29, 1.82) is 0 Å². The SMILES string of the molecule is C#Cc1c(F)ccc2cc(O)cc(-c3nc4c5c(nc(OCC67CCCN6CCC7)nc5c3F)NCCNCC(CC)CC4)c12.CC.CC.COc1cc(C(F)(F)F)ncn1. The molecule has 6 heterocycles. The van der Waals surface area contributed by atoms with Crippen molar-refractivity contribution in [3.63, 3.8) is 0 Å². The number of methoxy groups -OCH3 is 1. The van der Waals surface area contributed by atoms with Crippen LogP contribution in [-0.4, -0.2) is 86.9 Å². The summed E-state index contributed by atoms with van der Waals surface area (Å²) >= 11 is 0. The summed E-state index contributed by atoms with van der Waals surface area (Å²) in [7, 11) is 1.24. The standard InChI is InChI=1S/C35H38F2N6O2.C6H5F3N2O.2C2H6/c1-3-21-7-10-27-29-32(30(37)31(40-27)25-18-23(44)17-22-8-9-26(36)24(4-2)28(22)25)41-34(42-33(29)39-14-13-38-19-21)45-20-35-11-5-15-43(35)16-6-12-35;1-12-5-2-4(6(7,8)9)10-3-11-5;2*1-2/h2,8-9,17-18,21,38,44H,3,5-7,10-16,19-20H2,1H3,(H,39,41,42);2-3H,1H3;2*1-2H3. The minimum atomic E-state index is -4.45. The van der Waals surface area contributed by atoms with E-state index in [1.54, 1.807) is 0 Å². The van der Waals surface area contributed by atoms with Gasteiger partial charge in [0, 0.05) is 30.1 Å². The van der Waals surface area contributed by atoms with E-state index < -0.39 is 23.5 Å². The van der Waals surface area contributed by atoms with E-state index in [0.717, 1.165) is 77.1 Å². The van der Waals surface area contributed by atoms with Crippen LogP contribution in [0, 0.1) is 29.9 Å². The van der Waals surface area contributed by atoms with Gasteiger partial charge in [-0.15, -0.1) is 6.42 Å². The molecule has 0 spiro atoms. The molecule has 3 aromatic heterocycles. The summed E-state index contributed by atoms with van der Waals surface area (Å²) in [6.07, 6.45) is 8.83. The molecule has 1 unspecified atom stereocenters. The Morgan fingerprint density at radius 1 is 0.984 bits per heavy atom. The summed E-state index contributed by atoms with van der Waals surface area (Å²) in [5.41, 5.74) is -0.194. The maximum absolute atomic E-state index is 17.0. The third-order valence-electron chi connectivity index (χ3n) is 11.1. The van der Waals surface area contributed by atoms with Crippen molar-refractivity contribution in [1.82, 2.24) is 35.1 Å². The monoisotopic (exact) mass is 850 g/mol. The topological polar surface area (TPSA) is 130 Å². The van der Waals surface area contributed by atoms with Crippen molar-refractivity contribution in [3.05, 3.63) is 65.2 Å². The highest BCUT2D eigenvalue weighted by Gasteiger charge is 2.45. The Labute approximate surface area is 353 Å². The smallest absolute Gasteiger partial charge is 0.433 e. The van der Waals surface area contributed by atoms with E-state index >= 15 is 4.39 Å². The largest absolute Gasteiger partial charge is 0.508 e. The average molecular weight is 851 g/mol. The molecule has 2 fully saturated rings. The number of anilines is 1. The Hall–Kier alpha value is -5.40. The number of terminal acetylenes is 1. The van der Waals surface area contributed by atoms with Gasteiger partial charge in [-0.25, -0.2) is 23.7 Å². The summed E-state index contributed by atoms with van der Waals surface area (Å²) in [5.74, 6) is 1.78. The second-order valence-electron chi connectivity index (χ2n) is 14.6. The highest BCUT2D eigenvalue weighted by atomic mass is 19.4. The predicted octanol–water partition coefficient (Wildman–Crippen LogP) is 9.35. The van der Waals surface area contributed by atoms with E-state index in [2.05, 4.69) is 48.1 Å². The molecule has 61 heavy (non-hydrogen) atoms. The van der Waals surface area contributed by atoms with Crippen LogP contribution in [0.15, 0.2) is 36.7 Å². The average Bonchev–Trinajstić information content (AvgIpc) is 3.86. The Morgan fingerprint density at radius 3 is 2.39 bits per heavy atom. The lowest BCUT2D eigenvalue weighted by molar-refractivity contribution is -0.141. The third-order valence-corrected chi connectivity index (χ3v) is 11.1. The van der Waals surface area contributed by atoms with Gasteiger partial charge in [0.2, 0.25) is 5.88 Å². The number of pyridine rings is 1. The number of alkyl halides is 3. The van der Waals surface area contributed by atoms with Crippen molar-refractivity contribution >= 4 is 27.5 Å². The predicted molar refractivity (Wildman–Crippen MR) is 228 cm³/mol. The van der Waals surface area contributed by atoms with Crippen LogP contribution in [-0.2, 0) is 12.6 Å². The van der Waals surface area contributed by atoms with Crippen molar-refractivity contribution in [2.75, 3.05) is 51.8 Å². The van der Waals surface area contributed by atoms with E-state index in [1.165, 1.54) is 31.4 Å². The molecule has 3 aliphatic heterocycles. The zero-order valence-electron chi connectivity index (χ0n) is 35.6. The molecule has 16 heteroatoms. The molecule has 5 aromatic rings. The van der Waals surface area contributed by atoms with Crippen molar-refractivity contribution in [2.45, 2.75) is 91.3 Å². The fourth-order valence-electron chi connectivity index (χ4n) is 8.16. The second kappa shape index (κ2) is 20.9. The number of hydrogen-bond acceptors (Lipinski definition) is 11. The summed E-state index contributed by atoms with van der Waals surface area (Å²) in [5, 5.41) is 18.9. The van der Waals surface area contributed by atoms with E-state index in [9.17, 15) is 22.7 Å². The van der Waals surface area contributed by atoms with Gasteiger partial charge in [-0.3, -0.25) is 4.90 Å². The van der Waals surface area contributed by atoms with Gasteiger partial charge in [-0.05, 0) is 87.7 Å². The van der Waals surface area contributed by atoms with Crippen LogP contribution in [0.1, 0.15) is 90.1 Å². The summed E-state index contributed by atoms with van der Waals surface area (Å²) in [4.78, 5) is 23.3. The first-order valence-electron chi connectivity index (χ1n) is 21.0. The van der Waals surface area contributed by atoms with Gasteiger partial charge in [0.05, 0.1) is 29.3 Å². The first kappa shape index (κ1) is 46.7. The minimum absolute atomic E-state index is 0.0145.